The van der Waals surface area contributed by atoms with Crippen molar-refractivity contribution in [3.05, 3.63) is 34.9 Å². The highest BCUT2D eigenvalue weighted by atomic mass is 35.5. The van der Waals surface area contributed by atoms with Gasteiger partial charge in [0.1, 0.15) is 0 Å². The van der Waals surface area contributed by atoms with Gasteiger partial charge in [0.2, 0.25) is 5.91 Å². The van der Waals surface area contributed by atoms with Crippen molar-refractivity contribution in [2.24, 2.45) is 5.92 Å². The Labute approximate surface area is 115 Å². The van der Waals surface area contributed by atoms with Crippen LogP contribution >= 0.6 is 11.6 Å². The molecule has 18 heavy (non-hydrogen) atoms. The number of benzene rings is 1. The topological polar surface area (TPSA) is 29.1 Å². The Morgan fingerprint density at radius 1 is 1.22 bits per heavy atom. The molecule has 2 unspecified atom stereocenters. The average Bonchev–Trinajstić information content (AvgIpc) is 2.31. The SMILES string of the molecule is CCC(C)NC(=O)C(c1ccc(Cl)cc1)C(C)C. The van der Waals surface area contributed by atoms with Crippen LogP contribution in [0.1, 0.15) is 45.6 Å². The van der Waals surface area contributed by atoms with E-state index in [4.69, 9.17) is 11.6 Å². The Kier molecular flexibility index (Phi) is 5.67. The number of carbonyl (C=O) groups excluding carboxylic acids is 1. The quantitative estimate of drug-likeness (QED) is 0.859. The lowest BCUT2D eigenvalue weighted by Crippen LogP contribution is -2.37. The molecular formula is C15H22ClNO. The molecule has 0 aliphatic carbocycles. The van der Waals surface area contributed by atoms with Crippen LogP contribution < -0.4 is 5.32 Å². The molecule has 1 aromatic carbocycles. The van der Waals surface area contributed by atoms with Crippen LogP contribution in [0.3, 0.4) is 0 Å². The van der Waals surface area contributed by atoms with Gasteiger partial charge in [0, 0.05) is 11.1 Å². The van der Waals surface area contributed by atoms with Gasteiger partial charge in [0.15, 0.2) is 0 Å². The number of hydrogen-bond acceptors (Lipinski definition) is 1. The Balaban J connectivity index is 2.89. The number of carbonyl (C=O) groups is 1. The molecule has 1 amide bonds. The smallest absolute Gasteiger partial charge is 0.228 e. The summed E-state index contributed by atoms with van der Waals surface area (Å²) >= 11 is 5.88. The second kappa shape index (κ2) is 6.79. The molecule has 0 aromatic heterocycles. The molecule has 100 valence electrons. The second-order valence-corrected chi connectivity index (χ2v) is 5.53. The Bertz CT molecular complexity index is 386. The minimum absolute atomic E-state index is 0.0988. The molecule has 1 rings (SSSR count). The molecular weight excluding hydrogens is 246 g/mol. The molecule has 2 atom stereocenters. The number of halogens is 1. The fourth-order valence-electron chi connectivity index (χ4n) is 1.94. The Hall–Kier alpha value is -1.02. The van der Waals surface area contributed by atoms with Gasteiger partial charge >= 0.3 is 0 Å². The highest BCUT2D eigenvalue weighted by molar-refractivity contribution is 6.30. The summed E-state index contributed by atoms with van der Waals surface area (Å²) in [6, 6.07) is 7.75. The van der Waals surface area contributed by atoms with E-state index in [-0.39, 0.29) is 23.8 Å². The summed E-state index contributed by atoms with van der Waals surface area (Å²) < 4.78 is 0. The Morgan fingerprint density at radius 3 is 2.22 bits per heavy atom. The van der Waals surface area contributed by atoms with Crippen molar-refractivity contribution < 1.29 is 4.79 Å². The fourth-order valence-corrected chi connectivity index (χ4v) is 2.07. The Morgan fingerprint density at radius 2 is 1.78 bits per heavy atom. The molecule has 0 heterocycles. The molecule has 0 radical (unpaired) electrons. The van der Waals surface area contributed by atoms with Crippen LogP contribution in [0.2, 0.25) is 5.02 Å². The molecule has 1 N–H and O–H groups in total. The molecule has 0 aliphatic rings. The van der Waals surface area contributed by atoms with Gasteiger partial charge < -0.3 is 5.32 Å². The molecule has 0 saturated carbocycles. The molecule has 1 aromatic rings. The van der Waals surface area contributed by atoms with Crippen LogP contribution in [0.4, 0.5) is 0 Å². The van der Waals surface area contributed by atoms with Gasteiger partial charge in [-0.05, 0) is 37.0 Å². The lowest BCUT2D eigenvalue weighted by molar-refractivity contribution is -0.124. The maximum atomic E-state index is 12.3. The predicted molar refractivity (Wildman–Crippen MR) is 76.9 cm³/mol. The van der Waals surface area contributed by atoms with Crippen LogP contribution in [0.5, 0.6) is 0 Å². The molecule has 0 fully saturated rings. The van der Waals surface area contributed by atoms with Gasteiger partial charge in [0.25, 0.3) is 0 Å². The van der Waals surface area contributed by atoms with Gasteiger partial charge in [0.05, 0.1) is 5.92 Å². The van der Waals surface area contributed by atoms with E-state index in [1.807, 2.05) is 31.2 Å². The largest absolute Gasteiger partial charge is 0.353 e. The van der Waals surface area contributed by atoms with E-state index in [1.165, 1.54) is 0 Å². The van der Waals surface area contributed by atoms with E-state index < -0.39 is 0 Å². The van der Waals surface area contributed by atoms with Crippen molar-refractivity contribution in [1.82, 2.24) is 5.32 Å². The summed E-state index contributed by atoms with van der Waals surface area (Å²) in [4.78, 5) is 12.3. The van der Waals surface area contributed by atoms with Crippen LogP contribution in [0.15, 0.2) is 24.3 Å². The van der Waals surface area contributed by atoms with Gasteiger partial charge in [-0.2, -0.15) is 0 Å². The summed E-state index contributed by atoms with van der Waals surface area (Å²) in [5.41, 5.74) is 1.02. The normalized spacial score (nSPS) is 14.3. The first-order chi connectivity index (χ1) is 8.45. The zero-order chi connectivity index (χ0) is 13.7. The van der Waals surface area contributed by atoms with Crippen molar-refractivity contribution in [1.29, 1.82) is 0 Å². The first kappa shape index (κ1) is 15.0. The summed E-state index contributed by atoms with van der Waals surface area (Å²) in [6.45, 7) is 8.22. The zero-order valence-electron chi connectivity index (χ0n) is 11.5. The summed E-state index contributed by atoms with van der Waals surface area (Å²) in [6.07, 6.45) is 0.942. The molecule has 0 aliphatic heterocycles. The molecule has 2 nitrogen and oxygen atoms in total. The first-order valence-corrected chi connectivity index (χ1v) is 6.89. The third kappa shape index (κ3) is 4.02. The van der Waals surface area contributed by atoms with E-state index >= 15 is 0 Å². The lowest BCUT2D eigenvalue weighted by atomic mass is 9.87. The molecule has 3 heteroatoms. The van der Waals surface area contributed by atoms with Crippen LogP contribution in [-0.2, 0) is 4.79 Å². The van der Waals surface area contributed by atoms with E-state index in [1.54, 1.807) is 0 Å². The van der Waals surface area contributed by atoms with E-state index in [0.29, 0.717) is 5.02 Å². The third-order valence-electron chi connectivity index (χ3n) is 3.18. The number of amides is 1. The standard InChI is InChI=1S/C15H22ClNO/c1-5-11(4)17-15(18)14(10(2)3)12-6-8-13(16)9-7-12/h6-11,14H,5H2,1-4H3,(H,17,18). The second-order valence-electron chi connectivity index (χ2n) is 5.09. The monoisotopic (exact) mass is 267 g/mol. The number of rotatable bonds is 5. The van der Waals surface area contributed by atoms with Gasteiger partial charge in [-0.1, -0.05) is 44.5 Å². The van der Waals surface area contributed by atoms with Gasteiger partial charge in [-0.3, -0.25) is 4.79 Å². The molecule has 0 bridgehead atoms. The highest BCUT2D eigenvalue weighted by Gasteiger charge is 2.24. The fraction of sp³-hybridized carbons (Fsp3) is 0.533. The summed E-state index contributed by atoms with van der Waals surface area (Å²) in [7, 11) is 0. The third-order valence-corrected chi connectivity index (χ3v) is 3.43. The van der Waals surface area contributed by atoms with E-state index in [0.717, 1.165) is 12.0 Å². The maximum Gasteiger partial charge on any atom is 0.228 e. The minimum Gasteiger partial charge on any atom is -0.353 e. The zero-order valence-corrected chi connectivity index (χ0v) is 12.3. The van der Waals surface area contributed by atoms with E-state index in [9.17, 15) is 4.79 Å². The lowest BCUT2D eigenvalue weighted by Gasteiger charge is -2.23. The number of nitrogens with one attached hydrogen (secondary N) is 1. The van der Waals surface area contributed by atoms with Crippen LogP contribution in [0.25, 0.3) is 0 Å². The van der Waals surface area contributed by atoms with E-state index in [2.05, 4.69) is 26.1 Å². The van der Waals surface area contributed by atoms with Crippen molar-refractivity contribution in [2.45, 2.75) is 46.1 Å². The van der Waals surface area contributed by atoms with Crippen molar-refractivity contribution >= 4 is 17.5 Å². The van der Waals surface area contributed by atoms with Gasteiger partial charge in [-0.25, -0.2) is 0 Å². The van der Waals surface area contributed by atoms with Crippen LogP contribution in [0, 0.1) is 5.92 Å². The van der Waals surface area contributed by atoms with Crippen LogP contribution in [-0.4, -0.2) is 11.9 Å². The molecule has 0 spiro atoms. The van der Waals surface area contributed by atoms with Crippen molar-refractivity contribution in [2.75, 3.05) is 0 Å². The maximum absolute atomic E-state index is 12.3. The van der Waals surface area contributed by atoms with Crippen molar-refractivity contribution in [3.8, 4) is 0 Å². The van der Waals surface area contributed by atoms with Gasteiger partial charge in [-0.15, -0.1) is 0 Å². The number of hydrogen-bond donors (Lipinski definition) is 1. The van der Waals surface area contributed by atoms with Crippen molar-refractivity contribution in [3.63, 3.8) is 0 Å². The summed E-state index contributed by atoms with van der Waals surface area (Å²) in [5, 5.41) is 3.75. The average molecular weight is 268 g/mol. The molecule has 0 saturated heterocycles. The first-order valence-electron chi connectivity index (χ1n) is 6.51. The highest BCUT2D eigenvalue weighted by Crippen LogP contribution is 2.26. The minimum atomic E-state index is -0.115. The summed E-state index contributed by atoms with van der Waals surface area (Å²) in [5.74, 6) is 0.244. The predicted octanol–water partition coefficient (Wildman–Crippen LogP) is 3.99.